The molecule has 1 amide bonds. The van der Waals surface area contributed by atoms with Crippen molar-refractivity contribution in [2.24, 2.45) is 0 Å². The van der Waals surface area contributed by atoms with Crippen molar-refractivity contribution >= 4 is 37.7 Å². The van der Waals surface area contributed by atoms with Crippen LogP contribution in [0.25, 0.3) is 0 Å². The molecule has 0 spiro atoms. The maximum Gasteiger partial charge on any atom is 0.240 e. The highest BCUT2D eigenvalue weighted by Crippen LogP contribution is 2.18. The zero-order valence-electron chi connectivity index (χ0n) is 12.7. The second-order valence-electron chi connectivity index (χ2n) is 5.03. The Morgan fingerprint density at radius 3 is 2.70 bits per heavy atom. The molecule has 0 unspecified atom stereocenters. The topological polar surface area (TPSA) is 84.3 Å². The van der Waals surface area contributed by atoms with E-state index in [1.807, 2.05) is 24.3 Å². The van der Waals surface area contributed by atoms with Gasteiger partial charge in [-0.1, -0.05) is 34.1 Å². The van der Waals surface area contributed by atoms with Gasteiger partial charge in [0.2, 0.25) is 15.9 Å². The highest BCUT2D eigenvalue weighted by Gasteiger charge is 2.16. The Morgan fingerprint density at radius 2 is 2.04 bits per heavy atom. The second kappa shape index (κ2) is 7.24. The third kappa shape index (κ3) is 4.88. The number of carbonyl (C=O) groups excluding carboxylic acids is 1. The zero-order chi connectivity index (χ0) is 17.0. The molecule has 0 saturated carbocycles. The summed E-state index contributed by atoms with van der Waals surface area (Å²) in [5, 5.41) is 6.86. The van der Waals surface area contributed by atoms with Gasteiger partial charge in [-0.15, -0.1) is 0 Å². The summed E-state index contributed by atoms with van der Waals surface area (Å²) in [5.74, 6) is 0.0828. The molecule has 0 aliphatic heterocycles. The van der Waals surface area contributed by atoms with Crippen LogP contribution in [0.15, 0.2) is 41.0 Å². The molecule has 1 heterocycles. The standard InChI is InChI=1S/C14H17BrN4O3S/c1-18(23(2,21)22)10-14(20)17-13-7-8-16-19(13)9-11-5-3-4-6-12(11)15/h3-8H,9-10H2,1-2H3,(H,17,20). The summed E-state index contributed by atoms with van der Waals surface area (Å²) < 4.78 is 26.2. The van der Waals surface area contributed by atoms with E-state index >= 15 is 0 Å². The van der Waals surface area contributed by atoms with E-state index in [4.69, 9.17) is 0 Å². The fraction of sp³-hybridized carbons (Fsp3) is 0.286. The number of anilines is 1. The molecule has 1 aromatic carbocycles. The summed E-state index contributed by atoms with van der Waals surface area (Å²) in [6, 6.07) is 9.38. The number of nitrogens with zero attached hydrogens (tertiary/aromatic N) is 3. The summed E-state index contributed by atoms with van der Waals surface area (Å²) in [4.78, 5) is 12.0. The van der Waals surface area contributed by atoms with Crippen molar-refractivity contribution in [3.8, 4) is 0 Å². The minimum absolute atomic E-state index is 0.251. The molecule has 0 radical (unpaired) electrons. The second-order valence-corrected chi connectivity index (χ2v) is 7.98. The number of halogens is 1. The van der Waals surface area contributed by atoms with Gasteiger partial charge >= 0.3 is 0 Å². The molecule has 7 nitrogen and oxygen atoms in total. The van der Waals surface area contributed by atoms with Crippen LogP contribution in [0.1, 0.15) is 5.56 Å². The van der Waals surface area contributed by atoms with Crippen LogP contribution in [0.4, 0.5) is 5.82 Å². The van der Waals surface area contributed by atoms with E-state index in [2.05, 4.69) is 26.3 Å². The van der Waals surface area contributed by atoms with Crippen molar-refractivity contribution in [2.75, 3.05) is 25.2 Å². The molecule has 0 saturated heterocycles. The zero-order valence-corrected chi connectivity index (χ0v) is 15.1. The monoisotopic (exact) mass is 400 g/mol. The Labute approximate surface area is 143 Å². The lowest BCUT2D eigenvalue weighted by Crippen LogP contribution is -2.34. The van der Waals surface area contributed by atoms with Crippen LogP contribution in [0.5, 0.6) is 0 Å². The van der Waals surface area contributed by atoms with Crippen molar-refractivity contribution < 1.29 is 13.2 Å². The summed E-state index contributed by atoms with van der Waals surface area (Å²) in [6.45, 7) is 0.227. The molecular formula is C14H17BrN4O3S. The van der Waals surface area contributed by atoms with Crippen LogP contribution >= 0.6 is 15.9 Å². The summed E-state index contributed by atoms with van der Waals surface area (Å²) >= 11 is 3.47. The Kier molecular flexibility index (Phi) is 5.55. The minimum atomic E-state index is -3.40. The highest BCUT2D eigenvalue weighted by atomic mass is 79.9. The van der Waals surface area contributed by atoms with E-state index < -0.39 is 15.9 Å². The highest BCUT2D eigenvalue weighted by molar-refractivity contribution is 9.10. The van der Waals surface area contributed by atoms with Gasteiger partial charge in [0.05, 0.1) is 25.5 Å². The fourth-order valence-corrected chi connectivity index (χ4v) is 2.62. The first-order valence-electron chi connectivity index (χ1n) is 6.74. The van der Waals surface area contributed by atoms with Gasteiger partial charge in [0.25, 0.3) is 0 Å². The van der Waals surface area contributed by atoms with Crippen LogP contribution in [0.2, 0.25) is 0 Å². The first-order valence-corrected chi connectivity index (χ1v) is 9.38. The molecule has 0 atom stereocenters. The number of aromatic nitrogens is 2. The largest absolute Gasteiger partial charge is 0.310 e. The van der Waals surface area contributed by atoms with E-state index in [-0.39, 0.29) is 6.54 Å². The minimum Gasteiger partial charge on any atom is -0.310 e. The molecular weight excluding hydrogens is 384 g/mol. The van der Waals surface area contributed by atoms with Crippen molar-refractivity contribution in [2.45, 2.75) is 6.54 Å². The number of hydrogen-bond donors (Lipinski definition) is 1. The number of carbonyl (C=O) groups is 1. The lowest BCUT2D eigenvalue weighted by Gasteiger charge is -2.14. The Hall–Kier alpha value is -1.71. The molecule has 0 aliphatic rings. The quantitative estimate of drug-likeness (QED) is 0.796. The van der Waals surface area contributed by atoms with Crippen LogP contribution < -0.4 is 5.32 Å². The van der Waals surface area contributed by atoms with E-state index in [0.717, 1.165) is 20.6 Å². The Morgan fingerprint density at radius 1 is 1.35 bits per heavy atom. The van der Waals surface area contributed by atoms with Crippen molar-refractivity contribution in [3.63, 3.8) is 0 Å². The van der Waals surface area contributed by atoms with Crippen molar-refractivity contribution in [3.05, 3.63) is 46.6 Å². The number of rotatable bonds is 6. The van der Waals surface area contributed by atoms with Gasteiger partial charge in [-0.2, -0.15) is 9.40 Å². The lowest BCUT2D eigenvalue weighted by molar-refractivity contribution is -0.116. The third-order valence-corrected chi connectivity index (χ3v) is 5.23. The maximum atomic E-state index is 12.0. The van der Waals surface area contributed by atoms with Crippen molar-refractivity contribution in [1.82, 2.24) is 14.1 Å². The number of sulfonamides is 1. The molecule has 9 heteroatoms. The molecule has 1 aromatic heterocycles. The van der Waals surface area contributed by atoms with Gasteiger partial charge in [0.1, 0.15) is 5.82 Å². The fourth-order valence-electron chi connectivity index (χ4n) is 1.85. The van der Waals surface area contributed by atoms with E-state index in [1.54, 1.807) is 16.9 Å². The van der Waals surface area contributed by atoms with Gasteiger partial charge in [-0.3, -0.25) is 4.79 Å². The molecule has 2 aromatic rings. The number of likely N-dealkylation sites (N-methyl/N-ethyl adjacent to an activating group) is 1. The first-order chi connectivity index (χ1) is 10.8. The average molecular weight is 401 g/mol. The van der Waals surface area contributed by atoms with Crippen molar-refractivity contribution in [1.29, 1.82) is 0 Å². The predicted molar refractivity (Wildman–Crippen MR) is 91.6 cm³/mol. The number of benzene rings is 1. The average Bonchev–Trinajstić information content (AvgIpc) is 2.87. The normalized spacial score (nSPS) is 11.7. The third-order valence-electron chi connectivity index (χ3n) is 3.19. The van der Waals surface area contributed by atoms with Gasteiger partial charge in [0.15, 0.2) is 0 Å². The van der Waals surface area contributed by atoms with Crippen LogP contribution in [-0.2, 0) is 21.4 Å². The Balaban J connectivity index is 2.07. The lowest BCUT2D eigenvalue weighted by atomic mass is 10.2. The maximum absolute atomic E-state index is 12.0. The van der Waals surface area contributed by atoms with Gasteiger partial charge in [-0.25, -0.2) is 13.1 Å². The predicted octanol–water partition coefficient (Wildman–Crippen LogP) is 1.52. The van der Waals surface area contributed by atoms with Gasteiger partial charge < -0.3 is 5.32 Å². The molecule has 23 heavy (non-hydrogen) atoms. The molecule has 0 fully saturated rings. The molecule has 2 rings (SSSR count). The van der Waals surface area contributed by atoms with Gasteiger partial charge in [0, 0.05) is 17.6 Å². The number of nitrogens with one attached hydrogen (secondary N) is 1. The smallest absolute Gasteiger partial charge is 0.240 e. The Bertz CT molecular complexity index is 804. The molecule has 124 valence electrons. The number of hydrogen-bond acceptors (Lipinski definition) is 4. The molecule has 1 N–H and O–H groups in total. The van der Waals surface area contributed by atoms with Crippen LogP contribution in [0.3, 0.4) is 0 Å². The molecule has 0 aliphatic carbocycles. The summed E-state index contributed by atoms with van der Waals surface area (Å²) in [5.41, 5.74) is 1.01. The van der Waals surface area contributed by atoms with Crippen LogP contribution in [0, 0.1) is 0 Å². The molecule has 0 bridgehead atoms. The van der Waals surface area contributed by atoms with E-state index in [0.29, 0.717) is 12.4 Å². The van der Waals surface area contributed by atoms with Crippen LogP contribution in [-0.4, -0.2) is 48.3 Å². The summed E-state index contributed by atoms with van der Waals surface area (Å²) in [6.07, 6.45) is 2.63. The van der Waals surface area contributed by atoms with E-state index in [9.17, 15) is 13.2 Å². The first kappa shape index (κ1) is 17.6. The SMILES string of the molecule is CN(CC(=O)Nc1ccnn1Cc1ccccc1Br)S(C)(=O)=O. The number of amides is 1. The summed E-state index contributed by atoms with van der Waals surface area (Å²) in [7, 11) is -2.04. The van der Waals surface area contributed by atoms with Gasteiger partial charge in [-0.05, 0) is 11.6 Å². The van der Waals surface area contributed by atoms with E-state index in [1.165, 1.54) is 7.05 Å².